The van der Waals surface area contributed by atoms with E-state index in [0.717, 1.165) is 30.1 Å². The first-order valence-corrected chi connectivity index (χ1v) is 9.57. The number of fused-ring (bicyclic) bond motifs is 1. The molecule has 1 aliphatic heterocycles. The molecule has 1 aromatic carbocycles. The second-order valence-corrected chi connectivity index (χ2v) is 8.00. The van der Waals surface area contributed by atoms with Gasteiger partial charge in [0, 0.05) is 30.4 Å². The number of nitrogens with zero attached hydrogens (tertiary/aromatic N) is 4. The molecule has 1 aliphatic carbocycles. The second kappa shape index (κ2) is 6.12. The fourth-order valence-corrected chi connectivity index (χ4v) is 5.05. The van der Waals surface area contributed by atoms with E-state index in [1.807, 2.05) is 0 Å². The molecular weight excluding hydrogens is 356 g/mol. The van der Waals surface area contributed by atoms with Gasteiger partial charge in [-0.05, 0) is 36.8 Å². The average molecular weight is 373 g/mol. The van der Waals surface area contributed by atoms with Gasteiger partial charge in [-0.3, -0.25) is 5.10 Å². The van der Waals surface area contributed by atoms with Crippen LogP contribution in [0.1, 0.15) is 19.3 Å². The predicted octanol–water partition coefficient (Wildman–Crippen LogP) is 4.11. The zero-order valence-electron chi connectivity index (χ0n) is 14.0. The van der Waals surface area contributed by atoms with E-state index in [1.54, 1.807) is 0 Å². The van der Waals surface area contributed by atoms with E-state index in [2.05, 4.69) is 25.3 Å². The molecule has 26 heavy (non-hydrogen) atoms. The Morgan fingerprint density at radius 2 is 1.77 bits per heavy atom. The van der Waals surface area contributed by atoms with Crippen LogP contribution >= 0.6 is 11.3 Å². The molecule has 8 heteroatoms. The van der Waals surface area contributed by atoms with Crippen molar-refractivity contribution in [1.29, 1.82) is 0 Å². The SMILES string of the molecule is Fc1cc(-c2nnc(N3C[C@H]4CCC[C@H]4C3)s2)c(F)cc1-c1cn[nH]c1. The van der Waals surface area contributed by atoms with Crippen LogP contribution in [0, 0.1) is 23.5 Å². The Hall–Kier alpha value is -2.35. The first-order chi connectivity index (χ1) is 12.7. The smallest absolute Gasteiger partial charge is 0.208 e. The fourth-order valence-electron chi connectivity index (χ4n) is 4.17. The maximum Gasteiger partial charge on any atom is 0.208 e. The molecule has 1 saturated carbocycles. The van der Waals surface area contributed by atoms with E-state index >= 15 is 0 Å². The molecule has 0 unspecified atom stereocenters. The molecule has 3 aromatic rings. The zero-order chi connectivity index (χ0) is 17.7. The number of nitrogens with one attached hydrogen (secondary N) is 1. The standard InChI is InChI=1S/C18H17F2N5S/c19-15-5-14(16(20)4-13(15)12-6-21-22-7-12)17-23-24-18(26-17)25-8-10-2-1-3-11(10)9-25/h4-7,10-11H,1-3,8-9H2,(H,21,22)/t10-,11+. The lowest BCUT2D eigenvalue weighted by molar-refractivity contribution is 0.494. The summed E-state index contributed by atoms with van der Waals surface area (Å²) in [5.74, 6) is 0.468. The summed E-state index contributed by atoms with van der Waals surface area (Å²) in [7, 11) is 0. The first-order valence-electron chi connectivity index (χ1n) is 8.76. The monoisotopic (exact) mass is 373 g/mol. The number of halogens is 2. The zero-order valence-corrected chi connectivity index (χ0v) is 14.8. The summed E-state index contributed by atoms with van der Waals surface area (Å²) in [6.45, 7) is 1.99. The lowest BCUT2D eigenvalue weighted by Crippen LogP contribution is -2.20. The van der Waals surface area contributed by atoms with Crippen LogP contribution in [0.3, 0.4) is 0 Å². The van der Waals surface area contributed by atoms with Crippen LogP contribution in [0.25, 0.3) is 21.7 Å². The maximum absolute atomic E-state index is 14.6. The highest BCUT2D eigenvalue weighted by Crippen LogP contribution is 2.41. The van der Waals surface area contributed by atoms with Crippen LogP contribution in [0.2, 0.25) is 0 Å². The second-order valence-electron chi connectivity index (χ2n) is 7.04. The number of hydrogen-bond acceptors (Lipinski definition) is 5. The van der Waals surface area contributed by atoms with Crippen LogP contribution < -0.4 is 4.90 Å². The lowest BCUT2D eigenvalue weighted by atomic mass is 10.0. The van der Waals surface area contributed by atoms with Crippen molar-refractivity contribution in [3.63, 3.8) is 0 Å². The van der Waals surface area contributed by atoms with Gasteiger partial charge in [-0.25, -0.2) is 8.78 Å². The molecule has 5 rings (SSSR count). The first kappa shape index (κ1) is 15.9. The van der Waals surface area contributed by atoms with Crippen molar-refractivity contribution < 1.29 is 8.78 Å². The summed E-state index contributed by atoms with van der Waals surface area (Å²) in [6, 6.07) is 2.39. The van der Waals surface area contributed by atoms with Gasteiger partial charge in [0.25, 0.3) is 0 Å². The Kier molecular flexibility index (Phi) is 3.74. The Morgan fingerprint density at radius 3 is 2.50 bits per heavy atom. The Bertz CT molecular complexity index is 927. The van der Waals surface area contributed by atoms with Gasteiger partial charge < -0.3 is 4.90 Å². The molecule has 2 atom stereocenters. The summed E-state index contributed by atoms with van der Waals surface area (Å²) in [4.78, 5) is 2.24. The minimum Gasteiger partial charge on any atom is -0.346 e. The number of rotatable bonds is 3. The van der Waals surface area contributed by atoms with Crippen LogP contribution in [0.4, 0.5) is 13.9 Å². The van der Waals surface area contributed by atoms with Gasteiger partial charge in [0.05, 0.1) is 11.8 Å². The van der Waals surface area contributed by atoms with Gasteiger partial charge in [-0.15, -0.1) is 10.2 Å². The van der Waals surface area contributed by atoms with Gasteiger partial charge in [-0.2, -0.15) is 5.10 Å². The topological polar surface area (TPSA) is 57.7 Å². The largest absolute Gasteiger partial charge is 0.346 e. The summed E-state index contributed by atoms with van der Waals surface area (Å²) in [5.41, 5.74) is 0.838. The molecule has 3 heterocycles. The highest BCUT2D eigenvalue weighted by molar-refractivity contribution is 7.18. The molecule has 2 aromatic heterocycles. The molecule has 1 N–H and O–H groups in total. The van der Waals surface area contributed by atoms with Crippen LogP contribution in [-0.4, -0.2) is 33.5 Å². The minimum atomic E-state index is -0.511. The summed E-state index contributed by atoms with van der Waals surface area (Å²) < 4.78 is 29.1. The van der Waals surface area contributed by atoms with Crippen LogP contribution in [-0.2, 0) is 0 Å². The Balaban J connectivity index is 1.44. The third kappa shape index (κ3) is 2.59. The van der Waals surface area contributed by atoms with Gasteiger partial charge in [-0.1, -0.05) is 17.8 Å². The van der Waals surface area contributed by atoms with Gasteiger partial charge in [0.2, 0.25) is 5.13 Å². The van der Waals surface area contributed by atoms with Crippen molar-refractivity contribution >= 4 is 16.5 Å². The molecule has 0 spiro atoms. The van der Waals surface area contributed by atoms with E-state index < -0.39 is 11.6 Å². The Labute approximate surface area is 153 Å². The van der Waals surface area contributed by atoms with E-state index in [4.69, 9.17) is 0 Å². The Morgan fingerprint density at radius 1 is 1.04 bits per heavy atom. The van der Waals surface area contributed by atoms with E-state index in [-0.39, 0.29) is 11.1 Å². The van der Waals surface area contributed by atoms with Gasteiger partial charge in [0.1, 0.15) is 11.6 Å². The van der Waals surface area contributed by atoms with E-state index in [9.17, 15) is 8.78 Å². The van der Waals surface area contributed by atoms with Crippen LogP contribution in [0.5, 0.6) is 0 Å². The van der Waals surface area contributed by atoms with E-state index in [0.29, 0.717) is 10.6 Å². The third-order valence-corrected chi connectivity index (χ3v) is 6.52. The predicted molar refractivity (Wildman–Crippen MR) is 95.9 cm³/mol. The molecular formula is C18H17F2N5S. The van der Waals surface area contributed by atoms with E-state index in [1.165, 1.54) is 55.1 Å². The van der Waals surface area contributed by atoms with Crippen molar-refractivity contribution in [3.8, 4) is 21.7 Å². The summed E-state index contributed by atoms with van der Waals surface area (Å²) in [6.07, 6.45) is 6.87. The van der Waals surface area contributed by atoms with Crippen molar-refractivity contribution in [3.05, 3.63) is 36.2 Å². The molecule has 1 saturated heterocycles. The number of benzene rings is 1. The molecule has 134 valence electrons. The van der Waals surface area contributed by atoms with Crippen molar-refractivity contribution in [2.24, 2.45) is 11.8 Å². The fraction of sp³-hybridized carbons (Fsp3) is 0.389. The number of aromatic amines is 1. The normalized spacial score (nSPS) is 22.2. The third-order valence-electron chi connectivity index (χ3n) is 5.51. The summed E-state index contributed by atoms with van der Waals surface area (Å²) >= 11 is 1.33. The van der Waals surface area contributed by atoms with Crippen molar-refractivity contribution in [2.75, 3.05) is 18.0 Å². The lowest BCUT2D eigenvalue weighted by Gasteiger charge is -2.14. The molecule has 0 radical (unpaired) electrons. The number of hydrogen-bond donors (Lipinski definition) is 1. The maximum atomic E-state index is 14.6. The van der Waals surface area contributed by atoms with Gasteiger partial charge in [0.15, 0.2) is 5.01 Å². The van der Waals surface area contributed by atoms with Crippen molar-refractivity contribution in [2.45, 2.75) is 19.3 Å². The average Bonchev–Trinajstić information content (AvgIpc) is 3.39. The number of anilines is 1. The van der Waals surface area contributed by atoms with Crippen LogP contribution in [0.15, 0.2) is 24.5 Å². The van der Waals surface area contributed by atoms with Gasteiger partial charge >= 0.3 is 0 Å². The summed E-state index contributed by atoms with van der Waals surface area (Å²) in [5, 5.41) is 16.0. The minimum absolute atomic E-state index is 0.151. The molecule has 0 amide bonds. The molecule has 0 bridgehead atoms. The highest BCUT2D eigenvalue weighted by Gasteiger charge is 2.37. The molecule has 5 nitrogen and oxygen atoms in total. The number of H-pyrrole nitrogens is 1. The number of aromatic nitrogens is 4. The highest BCUT2D eigenvalue weighted by atomic mass is 32.1. The molecule has 2 aliphatic rings. The van der Waals surface area contributed by atoms with Crippen molar-refractivity contribution in [1.82, 2.24) is 20.4 Å². The molecule has 2 fully saturated rings. The quantitative estimate of drug-likeness (QED) is 0.751.